The molecule has 90 valence electrons. The van der Waals surface area contributed by atoms with Crippen LogP contribution in [0.2, 0.25) is 0 Å². The second-order valence-corrected chi connectivity index (χ2v) is 8.06. The van der Waals surface area contributed by atoms with E-state index >= 15 is 0 Å². The minimum Gasteiger partial charge on any atom is -0.315 e. The van der Waals surface area contributed by atoms with E-state index in [-0.39, 0.29) is 5.41 Å². The van der Waals surface area contributed by atoms with Crippen LogP contribution in [-0.4, -0.2) is 32.5 Å². The molecule has 0 heterocycles. The lowest BCUT2D eigenvalue weighted by atomic mass is 9.64. The maximum absolute atomic E-state index is 11.8. The molecule has 0 aromatic rings. The Morgan fingerprint density at radius 2 is 1.80 bits per heavy atom. The van der Waals surface area contributed by atoms with Crippen LogP contribution in [0.1, 0.15) is 40.0 Å². The Balaban J connectivity index is 2.66. The Morgan fingerprint density at radius 1 is 1.27 bits per heavy atom. The smallest absolute Gasteiger partial charge is 0.154 e. The van der Waals surface area contributed by atoms with Crippen molar-refractivity contribution < 1.29 is 8.42 Å². The summed E-state index contributed by atoms with van der Waals surface area (Å²) >= 11 is 0. The molecule has 3 nitrogen and oxygen atoms in total. The van der Waals surface area contributed by atoms with Crippen molar-refractivity contribution in [2.45, 2.75) is 44.8 Å². The Morgan fingerprint density at radius 3 is 2.13 bits per heavy atom. The van der Waals surface area contributed by atoms with Crippen molar-refractivity contribution in [3.05, 3.63) is 0 Å². The van der Waals surface area contributed by atoms with E-state index < -0.39 is 14.6 Å². The Kier molecular flexibility index (Phi) is 3.51. The third-order valence-corrected chi connectivity index (χ3v) is 5.27. The molecule has 0 spiro atoms. The number of nitrogens with one attached hydrogen (secondary N) is 1. The van der Waals surface area contributed by atoms with Crippen LogP contribution >= 0.6 is 0 Å². The van der Waals surface area contributed by atoms with Gasteiger partial charge in [0.1, 0.15) is 0 Å². The summed E-state index contributed by atoms with van der Waals surface area (Å²) in [6.07, 6.45) is 3.99. The van der Waals surface area contributed by atoms with E-state index in [0.29, 0.717) is 6.54 Å². The molecule has 0 saturated heterocycles. The van der Waals surface area contributed by atoms with Crippen LogP contribution in [0.15, 0.2) is 0 Å². The third-order valence-electron chi connectivity index (χ3n) is 3.26. The normalized spacial score (nSPS) is 23.5. The summed E-state index contributed by atoms with van der Waals surface area (Å²) in [6.45, 7) is 7.87. The highest BCUT2D eigenvalue weighted by Crippen LogP contribution is 2.51. The molecular formula is C11H23NO2S. The molecule has 0 aromatic carbocycles. The van der Waals surface area contributed by atoms with Crippen molar-refractivity contribution in [1.82, 2.24) is 5.32 Å². The van der Waals surface area contributed by atoms with E-state index in [0.717, 1.165) is 25.8 Å². The first-order chi connectivity index (χ1) is 6.72. The Labute approximate surface area is 93.6 Å². The highest BCUT2D eigenvalue weighted by Gasteiger charge is 2.55. The monoisotopic (exact) mass is 233 g/mol. The molecule has 0 radical (unpaired) electrons. The van der Waals surface area contributed by atoms with E-state index in [1.165, 1.54) is 6.26 Å². The second-order valence-electron chi connectivity index (χ2n) is 5.65. The van der Waals surface area contributed by atoms with Gasteiger partial charge in [-0.25, -0.2) is 8.42 Å². The fraction of sp³-hybridized carbons (Fsp3) is 1.00. The van der Waals surface area contributed by atoms with Gasteiger partial charge < -0.3 is 5.32 Å². The molecule has 1 aliphatic carbocycles. The molecule has 15 heavy (non-hydrogen) atoms. The molecule has 1 fully saturated rings. The van der Waals surface area contributed by atoms with Crippen LogP contribution in [0.3, 0.4) is 0 Å². The molecule has 0 aromatic heterocycles. The van der Waals surface area contributed by atoms with Crippen LogP contribution < -0.4 is 5.32 Å². The van der Waals surface area contributed by atoms with Gasteiger partial charge in [0.15, 0.2) is 9.84 Å². The SMILES string of the molecule is CCCNCC1(S(C)(=O)=O)CC(C)(C)C1. The summed E-state index contributed by atoms with van der Waals surface area (Å²) in [5.41, 5.74) is 0.191. The fourth-order valence-electron chi connectivity index (χ4n) is 2.70. The van der Waals surface area contributed by atoms with Gasteiger partial charge in [-0.1, -0.05) is 20.8 Å². The highest BCUT2D eigenvalue weighted by molar-refractivity contribution is 7.92. The van der Waals surface area contributed by atoms with Crippen LogP contribution in [0.5, 0.6) is 0 Å². The van der Waals surface area contributed by atoms with Crippen molar-refractivity contribution in [2.24, 2.45) is 5.41 Å². The van der Waals surface area contributed by atoms with Gasteiger partial charge >= 0.3 is 0 Å². The van der Waals surface area contributed by atoms with Gasteiger partial charge in [0.05, 0.1) is 4.75 Å². The molecule has 0 amide bonds. The topological polar surface area (TPSA) is 46.2 Å². The molecule has 0 unspecified atom stereocenters. The summed E-state index contributed by atoms with van der Waals surface area (Å²) < 4.78 is 23.1. The van der Waals surface area contributed by atoms with Crippen molar-refractivity contribution in [1.29, 1.82) is 0 Å². The van der Waals surface area contributed by atoms with E-state index in [1.54, 1.807) is 0 Å². The third kappa shape index (κ3) is 2.72. The van der Waals surface area contributed by atoms with Crippen LogP contribution in [0, 0.1) is 5.41 Å². The maximum Gasteiger partial charge on any atom is 0.154 e. The van der Waals surface area contributed by atoms with Gasteiger partial charge in [-0.15, -0.1) is 0 Å². The van der Waals surface area contributed by atoms with Crippen LogP contribution in [0.4, 0.5) is 0 Å². The van der Waals surface area contributed by atoms with Crippen molar-refractivity contribution in [3.63, 3.8) is 0 Å². The van der Waals surface area contributed by atoms with Crippen molar-refractivity contribution in [3.8, 4) is 0 Å². The molecule has 0 bridgehead atoms. The minimum absolute atomic E-state index is 0.191. The highest BCUT2D eigenvalue weighted by atomic mass is 32.2. The number of sulfone groups is 1. The lowest BCUT2D eigenvalue weighted by Crippen LogP contribution is -2.59. The zero-order chi connectivity index (χ0) is 11.7. The molecule has 0 atom stereocenters. The second kappa shape index (κ2) is 4.06. The zero-order valence-corrected chi connectivity index (χ0v) is 11.1. The first-order valence-corrected chi connectivity index (χ1v) is 7.52. The van der Waals surface area contributed by atoms with Crippen LogP contribution in [-0.2, 0) is 9.84 Å². The molecular weight excluding hydrogens is 210 g/mol. The predicted molar refractivity (Wildman–Crippen MR) is 63.8 cm³/mol. The van der Waals surface area contributed by atoms with Gasteiger partial charge in [-0.2, -0.15) is 0 Å². The standard InChI is InChI=1S/C11H23NO2S/c1-5-6-12-9-11(15(4,13)14)7-10(2,3)8-11/h12H,5-9H2,1-4H3. The minimum atomic E-state index is -2.94. The van der Waals surface area contributed by atoms with E-state index in [9.17, 15) is 8.42 Å². The maximum atomic E-state index is 11.8. The van der Waals surface area contributed by atoms with E-state index in [4.69, 9.17) is 0 Å². The summed E-state index contributed by atoms with van der Waals surface area (Å²) in [6, 6.07) is 0. The molecule has 1 aliphatic rings. The van der Waals surface area contributed by atoms with Gasteiger partial charge in [-0.3, -0.25) is 0 Å². The molecule has 1 saturated carbocycles. The van der Waals surface area contributed by atoms with Gasteiger partial charge in [-0.05, 0) is 31.2 Å². The zero-order valence-electron chi connectivity index (χ0n) is 10.3. The van der Waals surface area contributed by atoms with Gasteiger partial charge in [0.2, 0.25) is 0 Å². The number of rotatable bonds is 5. The predicted octanol–water partition coefficient (Wildman–Crippen LogP) is 1.59. The van der Waals surface area contributed by atoms with Crippen molar-refractivity contribution >= 4 is 9.84 Å². The molecule has 0 aliphatic heterocycles. The summed E-state index contributed by atoms with van der Waals surface area (Å²) in [5, 5.41) is 3.24. The molecule has 1 N–H and O–H groups in total. The van der Waals surface area contributed by atoms with Crippen LogP contribution in [0.25, 0.3) is 0 Å². The lowest BCUT2D eigenvalue weighted by Gasteiger charge is -2.52. The lowest BCUT2D eigenvalue weighted by molar-refractivity contribution is 0.117. The Hall–Kier alpha value is -0.0900. The first kappa shape index (κ1) is 13.0. The molecule has 1 rings (SSSR count). The number of hydrogen-bond donors (Lipinski definition) is 1. The van der Waals surface area contributed by atoms with E-state index in [1.807, 2.05) is 0 Å². The largest absolute Gasteiger partial charge is 0.315 e. The number of hydrogen-bond acceptors (Lipinski definition) is 3. The molecule has 4 heteroatoms. The van der Waals surface area contributed by atoms with E-state index in [2.05, 4.69) is 26.1 Å². The Bertz CT molecular complexity index is 311. The summed E-state index contributed by atoms with van der Waals surface area (Å²) in [5.74, 6) is 0. The van der Waals surface area contributed by atoms with Crippen molar-refractivity contribution in [2.75, 3.05) is 19.3 Å². The fourth-order valence-corrected chi connectivity index (χ4v) is 4.37. The average molecular weight is 233 g/mol. The quantitative estimate of drug-likeness (QED) is 0.734. The summed E-state index contributed by atoms with van der Waals surface area (Å²) in [7, 11) is -2.94. The average Bonchev–Trinajstić information content (AvgIpc) is 1.98. The van der Waals surface area contributed by atoms with Gasteiger partial charge in [0, 0.05) is 12.8 Å². The first-order valence-electron chi connectivity index (χ1n) is 5.63. The summed E-state index contributed by atoms with van der Waals surface area (Å²) in [4.78, 5) is 0. The van der Waals surface area contributed by atoms with Gasteiger partial charge in [0.25, 0.3) is 0 Å².